The molecule has 11 aromatic rings. The van der Waals surface area contributed by atoms with Crippen LogP contribution in [0, 0.1) is 0 Å². The monoisotopic (exact) mass is 735 g/mol. The normalized spacial score (nSPS) is 11.7. The van der Waals surface area contributed by atoms with E-state index in [0.717, 1.165) is 98.9 Å². The lowest BCUT2D eigenvalue weighted by Gasteiger charge is -2.25. The Labute approximate surface area is 329 Å². The number of hydrogen-bond donors (Lipinski definition) is 1. The zero-order chi connectivity index (χ0) is 37.2. The highest BCUT2D eigenvalue weighted by Crippen LogP contribution is 2.44. The molecule has 11 rings (SSSR count). The summed E-state index contributed by atoms with van der Waals surface area (Å²) in [4.78, 5) is 3.25. The molecule has 0 aliphatic heterocycles. The number of thiol groups is 1. The number of nitrogens with zero attached hydrogens (tertiary/aromatic N) is 1. The zero-order valence-electron chi connectivity index (χ0n) is 30.2. The molecule has 0 aliphatic carbocycles. The fourth-order valence-electron chi connectivity index (χ4n) is 8.33. The molecule has 264 valence electrons. The van der Waals surface area contributed by atoms with Crippen molar-refractivity contribution in [3.05, 3.63) is 194 Å². The molecular weight excluding hydrogens is 703 g/mol. The smallest absolute Gasteiger partial charge is 0.143 e. The van der Waals surface area contributed by atoms with Crippen LogP contribution in [0.4, 0.5) is 17.1 Å². The summed E-state index contributed by atoms with van der Waals surface area (Å²) in [6.45, 7) is 0. The molecule has 3 nitrogen and oxygen atoms in total. The highest BCUT2D eigenvalue weighted by atomic mass is 32.1. The Morgan fingerprint density at radius 3 is 1.71 bits per heavy atom. The maximum absolute atomic E-state index is 6.76. The van der Waals surface area contributed by atoms with E-state index >= 15 is 0 Å². The Morgan fingerprint density at radius 1 is 0.321 bits per heavy atom. The molecule has 2 heterocycles. The van der Waals surface area contributed by atoms with E-state index in [2.05, 4.69) is 175 Å². The lowest BCUT2D eigenvalue weighted by Crippen LogP contribution is -2.09. The van der Waals surface area contributed by atoms with Crippen molar-refractivity contribution in [3.8, 4) is 33.4 Å². The summed E-state index contributed by atoms with van der Waals surface area (Å²) in [5.74, 6) is 0. The zero-order valence-corrected chi connectivity index (χ0v) is 31.1. The third kappa shape index (κ3) is 5.30. The van der Waals surface area contributed by atoms with Gasteiger partial charge in [0.15, 0.2) is 0 Å². The third-order valence-corrected chi connectivity index (χ3v) is 11.4. The van der Waals surface area contributed by atoms with Gasteiger partial charge in [-0.25, -0.2) is 0 Å². The summed E-state index contributed by atoms with van der Waals surface area (Å²) in [5, 5.41) is 6.66. The van der Waals surface area contributed by atoms with Gasteiger partial charge in [-0.1, -0.05) is 121 Å². The van der Waals surface area contributed by atoms with Crippen LogP contribution in [0.5, 0.6) is 0 Å². The number of anilines is 3. The fourth-order valence-corrected chi connectivity index (χ4v) is 8.62. The molecule has 0 N–H and O–H groups in total. The van der Waals surface area contributed by atoms with Crippen molar-refractivity contribution >= 4 is 84.3 Å². The molecule has 2 aromatic heterocycles. The fraction of sp³-hybridized carbons (Fsp3) is 0. The van der Waals surface area contributed by atoms with Gasteiger partial charge in [0.05, 0.1) is 0 Å². The van der Waals surface area contributed by atoms with E-state index < -0.39 is 0 Å². The van der Waals surface area contributed by atoms with Gasteiger partial charge in [0, 0.05) is 48.9 Å². The van der Waals surface area contributed by atoms with E-state index in [9.17, 15) is 0 Å². The second kappa shape index (κ2) is 13.1. The van der Waals surface area contributed by atoms with Crippen molar-refractivity contribution in [2.45, 2.75) is 4.90 Å². The lowest BCUT2D eigenvalue weighted by atomic mass is 9.90. The molecule has 0 saturated heterocycles. The number of rotatable bonds is 6. The van der Waals surface area contributed by atoms with Crippen LogP contribution in [-0.2, 0) is 0 Å². The Hall–Kier alpha value is -7.01. The van der Waals surface area contributed by atoms with Crippen LogP contribution >= 0.6 is 12.6 Å². The van der Waals surface area contributed by atoms with Gasteiger partial charge in [-0.2, -0.15) is 0 Å². The quantitative estimate of drug-likeness (QED) is 0.172. The molecule has 9 aromatic carbocycles. The summed E-state index contributed by atoms with van der Waals surface area (Å²) >= 11 is 4.83. The van der Waals surface area contributed by atoms with Crippen molar-refractivity contribution in [2.75, 3.05) is 4.90 Å². The predicted molar refractivity (Wildman–Crippen MR) is 237 cm³/mol. The van der Waals surface area contributed by atoms with Gasteiger partial charge < -0.3 is 13.7 Å². The Balaban J connectivity index is 1.00. The Morgan fingerprint density at radius 2 is 0.911 bits per heavy atom. The van der Waals surface area contributed by atoms with Gasteiger partial charge in [-0.15, -0.1) is 12.6 Å². The molecule has 0 fully saturated rings. The highest BCUT2D eigenvalue weighted by molar-refractivity contribution is 7.80. The molecule has 0 aliphatic rings. The maximum atomic E-state index is 6.76. The van der Waals surface area contributed by atoms with Crippen molar-refractivity contribution in [1.82, 2.24) is 0 Å². The van der Waals surface area contributed by atoms with Crippen LogP contribution in [0.3, 0.4) is 0 Å². The van der Waals surface area contributed by atoms with Gasteiger partial charge in [0.25, 0.3) is 0 Å². The van der Waals surface area contributed by atoms with Crippen molar-refractivity contribution in [1.29, 1.82) is 0 Å². The number of hydrogen-bond acceptors (Lipinski definition) is 4. The molecule has 0 unspecified atom stereocenters. The van der Waals surface area contributed by atoms with Crippen LogP contribution in [0.1, 0.15) is 0 Å². The van der Waals surface area contributed by atoms with Crippen LogP contribution in [-0.4, -0.2) is 0 Å². The average Bonchev–Trinajstić information content (AvgIpc) is 3.82. The SMILES string of the molecule is Sc1ccccc1-c1ccccc1-c1cc2c3ccc(-c4ccc(N(c5ccccc5)c5ccc6oc7ccccc7c6c5)cc4)cc3oc2c2ccccc12. The summed E-state index contributed by atoms with van der Waals surface area (Å²) in [5.41, 5.74) is 13.6. The number of fused-ring (bicyclic) bond motifs is 8. The molecule has 0 spiro atoms. The van der Waals surface area contributed by atoms with Crippen LogP contribution in [0.25, 0.3) is 88.0 Å². The van der Waals surface area contributed by atoms with E-state index in [1.165, 1.54) is 11.1 Å². The summed E-state index contributed by atoms with van der Waals surface area (Å²) in [6, 6.07) is 68.3. The molecular formula is C52H33NO2S. The first-order chi connectivity index (χ1) is 27.7. The summed E-state index contributed by atoms with van der Waals surface area (Å²) < 4.78 is 12.9. The first kappa shape index (κ1) is 32.4. The molecule has 0 radical (unpaired) electrons. The van der Waals surface area contributed by atoms with Gasteiger partial charge >= 0.3 is 0 Å². The third-order valence-electron chi connectivity index (χ3n) is 11.0. The topological polar surface area (TPSA) is 29.5 Å². The van der Waals surface area contributed by atoms with Crippen molar-refractivity contribution < 1.29 is 8.83 Å². The predicted octanol–water partition coefficient (Wildman–Crippen LogP) is 15.4. The minimum atomic E-state index is 0.865. The van der Waals surface area contributed by atoms with Gasteiger partial charge in [0.1, 0.15) is 22.3 Å². The number of para-hydroxylation sites is 2. The van der Waals surface area contributed by atoms with E-state index in [1.807, 2.05) is 24.3 Å². The van der Waals surface area contributed by atoms with Crippen molar-refractivity contribution in [2.24, 2.45) is 0 Å². The highest BCUT2D eigenvalue weighted by Gasteiger charge is 2.19. The number of furan rings is 2. The Kier molecular flexibility index (Phi) is 7.58. The summed E-state index contributed by atoms with van der Waals surface area (Å²) in [7, 11) is 0. The molecule has 0 amide bonds. The molecule has 4 heteroatoms. The molecule has 0 bridgehead atoms. The first-order valence-electron chi connectivity index (χ1n) is 18.8. The van der Waals surface area contributed by atoms with Crippen molar-refractivity contribution in [3.63, 3.8) is 0 Å². The van der Waals surface area contributed by atoms with E-state index in [4.69, 9.17) is 21.5 Å². The second-order valence-corrected chi connectivity index (χ2v) is 14.7. The molecule has 0 saturated carbocycles. The largest absolute Gasteiger partial charge is 0.456 e. The maximum Gasteiger partial charge on any atom is 0.143 e. The van der Waals surface area contributed by atoms with Crippen LogP contribution in [0.2, 0.25) is 0 Å². The second-order valence-electron chi connectivity index (χ2n) is 14.2. The molecule has 56 heavy (non-hydrogen) atoms. The lowest BCUT2D eigenvalue weighted by molar-refractivity contribution is 0.669. The average molecular weight is 736 g/mol. The Bertz CT molecular complexity index is 3270. The minimum absolute atomic E-state index is 0.865. The van der Waals surface area contributed by atoms with Gasteiger partial charge in [0.2, 0.25) is 0 Å². The van der Waals surface area contributed by atoms with E-state index in [-0.39, 0.29) is 0 Å². The van der Waals surface area contributed by atoms with Crippen LogP contribution < -0.4 is 4.90 Å². The van der Waals surface area contributed by atoms with Crippen LogP contribution in [0.15, 0.2) is 208 Å². The molecule has 0 atom stereocenters. The van der Waals surface area contributed by atoms with Gasteiger partial charge in [-0.3, -0.25) is 0 Å². The minimum Gasteiger partial charge on any atom is -0.456 e. The van der Waals surface area contributed by atoms with E-state index in [1.54, 1.807) is 0 Å². The first-order valence-corrected chi connectivity index (χ1v) is 19.3. The summed E-state index contributed by atoms with van der Waals surface area (Å²) in [6.07, 6.45) is 0. The van der Waals surface area contributed by atoms with E-state index in [0.29, 0.717) is 0 Å². The number of benzene rings is 9. The standard InChI is InChI=1S/C52H33NO2S/c56-51-21-11-9-18-43(51)38-14-4-5-15-39(38)45-32-47-42-28-24-34(30-50(42)55-52(47)44-19-7-6-16-40(44)45)33-22-25-36(26-23-33)53(35-12-2-1-3-13-35)37-27-29-49-46(31-37)41-17-8-10-20-48(41)54-49/h1-32,56H. The van der Waals surface area contributed by atoms with Gasteiger partial charge in [-0.05, 0) is 112 Å².